The first-order chi connectivity index (χ1) is 19.5. The van der Waals surface area contributed by atoms with E-state index in [1.54, 1.807) is 25.1 Å². The second kappa shape index (κ2) is 13.6. The van der Waals surface area contributed by atoms with Gasteiger partial charge in [0.25, 0.3) is 0 Å². The molecule has 0 aliphatic carbocycles. The van der Waals surface area contributed by atoms with Gasteiger partial charge in [0.15, 0.2) is 0 Å². The molecular weight excluding hydrogens is 629 g/mol. The Bertz CT molecular complexity index is 1560. The zero-order chi connectivity index (χ0) is 31.3. The summed E-state index contributed by atoms with van der Waals surface area (Å²) in [4.78, 5) is 68.4. The number of hydrogen-bond donors (Lipinski definition) is 5. The molecule has 6 N–H and O–H groups in total. The lowest BCUT2D eigenvalue weighted by Gasteiger charge is -2.21. The first kappa shape index (κ1) is 33.6. The summed E-state index contributed by atoms with van der Waals surface area (Å²) in [7, 11) is -17.0. The summed E-state index contributed by atoms with van der Waals surface area (Å²) in [5, 5.41) is 3.58. The van der Waals surface area contributed by atoms with Crippen molar-refractivity contribution in [3.8, 4) is 0 Å². The normalized spacial score (nSPS) is 22.4. The molecule has 1 aliphatic heterocycles. The Morgan fingerprint density at radius 2 is 1.90 bits per heavy atom. The van der Waals surface area contributed by atoms with Crippen LogP contribution in [0.25, 0.3) is 10.4 Å². The smallest absolute Gasteiger partial charge is 0.456 e. The third kappa shape index (κ3) is 9.81. The van der Waals surface area contributed by atoms with Gasteiger partial charge in [-0.05, 0) is 29.6 Å². The minimum absolute atomic E-state index is 0.0898. The maximum Gasteiger partial charge on any atom is 0.490 e. The predicted molar refractivity (Wildman–Crippen MR) is 139 cm³/mol. The highest BCUT2D eigenvalue weighted by molar-refractivity contribution is 7.66. The van der Waals surface area contributed by atoms with Crippen LogP contribution in [-0.4, -0.2) is 60.0 Å². The molecule has 42 heavy (non-hydrogen) atoms. The van der Waals surface area contributed by atoms with Gasteiger partial charge in [0, 0.05) is 23.6 Å². The molecule has 3 rings (SSSR count). The summed E-state index contributed by atoms with van der Waals surface area (Å²) in [5.41, 5.74) is 13.9. The average molecular weight is 654 g/mol. The standard InChI is InChI=1S/C19H25N6O14P3/c1-11(23-24-21)8-12-4-2-3-5-13(12)18(26)37-14-9-17(25-7-6-16(20)22-19(25)27)36-15(14)10-35-41(31,32)39-42(33,34)38-40(28,29)30/h2-7,11,14-15,17H,8-10H2,1H3,(H,31,32)(H,33,34)(H2,20,22,27)(H2,28,29,30)/t11?,14?,15-,17-/m1/s1. The lowest BCUT2D eigenvalue weighted by molar-refractivity contribution is -0.0511. The molecule has 1 aromatic carbocycles. The number of ether oxygens (including phenoxy) is 2. The Morgan fingerprint density at radius 1 is 1.21 bits per heavy atom. The molecule has 0 saturated carbocycles. The number of aromatic nitrogens is 2. The quantitative estimate of drug-likeness (QED) is 0.0677. The van der Waals surface area contributed by atoms with E-state index in [0.29, 0.717) is 5.56 Å². The number of nitrogens with zero attached hydrogens (tertiary/aromatic N) is 5. The van der Waals surface area contributed by atoms with Gasteiger partial charge in [-0.2, -0.15) is 13.6 Å². The number of azide groups is 1. The van der Waals surface area contributed by atoms with Gasteiger partial charge in [-0.3, -0.25) is 9.09 Å². The summed E-state index contributed by atoms with van der Waals surface area (Å²) in [6.45, 7) is 0.680. The van der Waals surface area contributed by atoms with Gasteiger partial charge in [-0.15, -0.1) is 0 Å². The molecule has 23 heteroatoms. The number of hydrogen-bond acceptors (Lipinski definition) is 13. The molecule has 0 spiro atoms. The molecule has 1 fully saturated rings. The number of benzene rings is 1. The summed E-state index contributed by atoms with van der Waals surface area (Å²) in [5.74, 6) is -0.966. The van der Waals surface area contributed by atoms with Crippen molar-refractivity contribution in [1.82, 2.24) is 9.55 Å². The van der Waals surface area contributed by atoms with E-state index in [4.69, 9.17) is 30.5 Å². The molecule has 1 saturated heterocycles. The zero-order valence-corrected chi connectivity index (χ0v) is 24.1. The van der Waals surface area contributed by atoms with E-state index in [0.717, 1.165) is 4.57 Å². The first-order valence-corrected chi connectivity index (χ1v) is 16.1. The Balaban J connectivity index is 1.83. The summed E-state index contributed by atoms with van der Waals surface area (Å²) in [6.07, 6.45) is -2.60. The predicted octanol–water partition coefficient (Wildman–Crippen LogP) is 1.92. The van der Waals surface area contributed by atoms with Gasteiger partial charge < -0.3 is 34.8 Å². The summed E-state index contributed by atoms with van der Waals surface area (Å²) >= 11 is 0. The van der Waals surface area contributed by atoms with Crippen LogP contribution in [0.3, 0.4) is 0 Å². The van der Waals surface area contributed by atoms with E-state index < -0.39 is 66.2 Å². The molecule has 4 unspecified atom stereocenters. The van der Waals surface area contributed by atoms with Crippen LogP contribution in [0.15, 0.2) is 46.4 Å². The van der Waals surface area contributed by atoms with Crippen LogP contribution < -0.4 is 11.4 Å². The number of nitrogen functional groups attached to an aromatic ring is 1. The number of nitrogens with two attached hydrogens (primary N) is 1. The lowest BCUT2D eigenvalue weighted by Crippen LogP contribution is -2.31. The number of esters is 1. The number of carbonyl (C=O) groups excluding carboxylic acids is 1. The minimum Gasteiger partial charge on any atom is -0.456 e. The van der Waals surface area contributed by atoms with Crippen molar-refractivity contribution in [2.24, 2.45) is 5.11 Å². The molecule has 0 bridgehead atoms. The van der Waals surface area contributed by atoms with Crippen LogP contribution in [0.2, 0.25) is 0 Å². The Hall–Kier alpha value is -2.95. The van der Waals surface area contributed by atoms with E-state index in [1.807, 2.05) is 0 Å². The minimum atomic E-state index is -5.79. The van der Waals surface area contributed by atoms with Gasteiger partial charge in [0.05, 0.1) is 12.2 Å². The van der Waals surface area contributed by atoms with Crippen molar-refractivity contribution in [3.05, 3.63) is 68.6 Å². The second-order valence-electron chi connectivity index (χ2n) is 8.65. The third-order valence-corrected chi connectivity index (χ3v) is 9.22. The van der Waals surface area contributed by atoms with E-state index in [-0.39, 0.29) is 24.2 Å². The fourth-order valence-electron chi connectivity index (χ4n) is 3.81. The Labute approximate surface area is 236 Å². The highest BCUT2D eigenvalue weighted by atomic mass is 31.3. The third-order valence-electron chi connectivity index (χ3n) is 5.42. The van der Waals surface area contributed by atoms with E-state index >= 15 is 0 Å². The molecule has 0 amide bonds. The van der Waals surface area contributed by atoms with Crippen LogP contribution >= 0.6 is 23.5 Å². The van der Waals surface area contributed by atoms with Gasteiger partial charge in [0.1, 0.15) is 24.3 Å². The van der Waals surface area contributed by atoms with Crippen molar-refractivity contribution in [3.63, 3.8) is 0 Å². The number of anilines is 1. The van der Waals surface area contributed by atoms with Crippen LogP contribution in [-0.2, 0) is 42.7 Å². The highest BCUT2D eigenvalue weighted by Gasteiger charge is 2.44. The number of phosphoric ester groups is 1. The van der Waals surface area contributed by atoms with Crippen molar-refractivity contribution in [2.45, 2.75) is 44.2 Å². The molecule has 2 aromatic rings. The van der Waals surface area contributed by atoms with Crippen LogP contribution in [0.5, 0.6) is 0 Å². The monoisotopic (exact) mass is 654 g/mol. The number of rotatable bonds is 13. The van der Waals surface area contributed by atoms with Crippen LogP contribution in [0.4, 0.5) is 5.82 Å². The van der Waals surface area contributed by atoms with Gasteiger partial charge in [-0.25, -0.2) is 23.3 Å². The van der Waals surface area contributed by atoms with E-state index in [9.17, 15) is 33.1 Å². The van der Waals surface area contributed by atoms with Crippen molar-refractivity contribution >= 4 is 35.3 Å². The molecule has 230 valence electrons. The average Bonchev–Trinajstić information content (AvgIpc) is 3.23. The SMILES string of the molecule is CC(Cc1ccccc1C(=O)OC1C[C@H](n2ccc(N)nc2=O)O[C@@H]1COP(=O)(O)OP(=O)(O)OP(=O)(O)O)N=[N+]=[N-]. The molecule has 1 aliphatic rings. The van der Waals surface area contributed by atoms with Gasteiger partial charge >= 0.3 is 35.1 Å². The van der Waals surface area contributed by atoms with Gasteiger partial charge in [0.2, 0.25) is 0 Å². The molecule has 2 heterocycles. The topological polar surface area (TPSA) is 305 Å². The number of phosphoric acid groups is 3. The zero-order valence-electron chi connectivity index (χ0n) is 21.4. The van der Waals surface area contributed by atoms with Gasteiger partial charge in [-0.1, -0.05) is 30.2 Å². The second-order valence-corrected chi connectivity index (χ2v) is 13.1. The molecule has 20 nitrogen and oxygen atoms in total. The fourth-order valence-corrected chi connectivity index (χ4v) is 6.84. The molecule has 1 aromatic heterocycles. The maximum atomic E-state index is 13.2. The van der Waals surface area contributed by atoms with Crippen molar-refractivity contribution < 1.29 is 60.7 Å². The van der Waals surface area contributed by atoms with E-state index in [1.165, 1.54) is 18.3 Å². The highest BCUT2D eigenvalue weighted by Crippen LogP contribution is 2.66. The van der Waals surface area contributed by atoms with Crippen LogP contribution in [0.1, 0.15) is 35.5 Å². The fraction of sp³-hybridized carbons (Fsp3) is 0.421. The van der Waals surface area contributed by atoms with Crippen molar-refractivity contribution in [2.75, 3.05) is 12.3 Å². The molecule has 0 radical (unpaired) electrons. The van der Waals surface area contributed by atoms with Crippen LogP contribution in [0, 0.1) is 0 Å². The van der Waals surface area contributed by atoms with E-state index in [2.05, 4.69) is 28.2 Å². The number of carbonyl (C=O) groups is 1. The molecule has 6 atom stereocenters. The summed E-state index contributed by atoms with van der Waals surface area (Å²) in [6, 6.07) is 7.04. The maximum absolute atomic E-state index is 13.2. The first-order valence-electron chi connectivity index (χ1n) is 11.6. The largest absolute Gasteiger partial charge is 0.490 e. The lowest BCUT2D eigenvalue weighted by atomic mass is 10.0. The Morgan fingerprint density at radius 3 is 2.55 bits per heavy atom. The van der Waals surface area contributed by atoms with Crippen molar-refractivity contribution in [1.29, 1.82) is 0 Å². The molecular formula is C19H25N6O14P3. The summed E-state index contributed by atoms with van der Waals surface area (Å²) < 4.78 is 59.0. The Kier molecular flexibility index (Phi) is 10.8.